The summed E-state index contributed by atoms with van der Waals surface area (Å²) < 4.78 is 1.72. The van der Waals surface area contributed by atoms with Crippen molar-refractivity contribution in [1.29, 1.82) is 0 Å². The van der Waals surface area contributed by atoms with E-state index in [1.165, 1.54) is 11.1 Å². The highest BCUT2D eigenvalue weighted by atomic mass is 16.1. The molecule has 1 aromatic heterocycles. The molecule has 0 N–H and O–H groups in total. The van der Waals surface area contributed by atoms with Crippen LogP contribution in [0.25, 0.3) is 0 Å². The fraction of sp³-hybridized carbons (Fsp3) is 0.375. The molecule has 0 aliphatic rings. The van der Waals surface area contributed by atoms with Gasteiger partial charge in [-0.05, 0) is 25.8 Å². The second-order valence-corrected chi connectivity index (χ2v) is 5.11. The molecule has 0 saturated heterocycles. The maximum atomic E-state index is 12.4. The third kappa shape index (κ3) is 3.11. The molecule has 0 bridgehead atoms. The van der Waals surface area contributed by atoms with Gasteiger partial charge < -0.3 is 0 Å². The highest BCUT2D eigenvalue weighted by Crippen LogP contribution is 2.14. The highest BCUT2D eigenvalue weighted by Gasteiger charge is 2.14. The van der Waals surface area contributed by atoms with Gasteiger partial charge >= 0.3 is 0 Å². The standard InChI is InChI=1S/C16H20N2O/c1-5-15-14(10-18(4)17-15)16(19)9-13-7-11(2)6-12(3)8-13/h6-8,10H,5,9H2,1-4H3. The zero-order valence-electron chi connectivity index (χ0n) is 12.0. The third-order valence-corrected chi connectivity index (χ3v) is 3.19. The van der Waals surface area contributed by atoms with Crippen LogP contribution in [-0.2, 0) is 19.9 Å². The molecule has 0 saturated carbocycles. The summed E-state index contributed by atoms with van der Waals surface area (Å²) in [5.41, 5.74) is 5.11. The largest absolute Gasteiger partial charge is 0.294 e. The first kappa shape index (κ1) is 13.5. The van der Waals surface area contributed by atoms with Crippen molar-refractivity contribution in [1.82, 2.24) is 9.78 Å². The number of hydrogen-bond acceptors (Lipinski definition) is 2. The fourth-order valence-electron chi connectivity index (χ4n) is 2.48. The molecule has 0 atom stereocenters. The summed E-state index contributed by atoms with van der Waals surface area (Å²) >= 11 is 0. The van der Waals surface area contributed by atoms with Gasteiger partial charge in [-0.1, -0.05) is 36.2 Å². The molecule has 1 aromatic carbocycles. The summed E-state index contributed by atoms with van der Waals surface area (Å²) in [6, 6.07) is 6.27. The predicted octanol–water partition coefficient (Wildman–Crippen LogP) is 3.02. The van der Waals surface area contributed by atoms with Crippen LogP contribution in [0.15, 0.2) is 24.4 Å². The zero-order valence-corrected chi connectivity index (χ0v) is 12.0. The molecule has 100 valence electrons. The number of ketones is 1. The van der Waals surface area contributed by atoms with Gasteiger partial charge in [-0.25, -0.2) is 0 Å². The van der Waals surface area contributed by atoms with Crippen molar-refractivity contribution in [2.45, 2.75) is 33.6 Å². The normalized spacial score (nSPS) is 10.7. The molecular formula is C16H20N2O. The molecule has 0 aliphatic heterocycles. The molecule has 0 unspecified atom stereocenters. The van der Waals surface area contributed by atoms with Gasteiger partial charge in [-0.3, -0.25) is 9.48 Å². The third-order valence-electron chi connectivity index (χ3n) is 3.19. The summed E-state index contributed by atoms with van der Waals surface area (Å²) in [5, 5.41) is 4.32. The minimum atomic E-state index is 0.148. The number of aromatic nitrogens is 2. The number of benzene rings is 1. The molecule has 3 heteroatoms. The molecule has 0 radical (unpaired) electrons. The summed E-state index contributed by atoms with van der Waals surface area (Å²) in [7, 11) is 1.85. The van der Waals surface area contributed by atoms with Crippen molar-refractivity contribution in [3.05, 3.63) is 52.3 Å². The van der Waals surface area contributed by atoms with Crippen molar-refractivity contribution < 1.29 is 4.79 Å². The molecule has 3 nitrogen and oxygen atoms in total. The molecule has 0 amide bonds. The van der Waals surface area contributed by atoms with Crippen LogP contribution in [0.2, 0.25) is 0 Å². The van der Waals surface area contributed by atoms with Crippen LogP contribution in [-0.4, -0.2) is 15.6 Å². The Hall–Kier alpha value is -1.90. The van der Waals surface area contributed by atoms with E-state index >= 15 is 0 Å². The van der Waals surface area contributed by atoms with E-state index < -0.39 is 0 Å². The van der Waals surface area contributed by atoms with Crippen molar-refractivity contribution in [3.63, 3.8) is 0 Å². The summed E-state index contributed by atoms with van der Waals surface area (Å²) in [6.45, 7) is 6.14. The average Bonchev–Trinajstić information content (AvgIpc) is 2.69. The van der Waals surface area contributed by atoms with Gasteiger partial charge in [-0.15, -0.1) is 0 Å². The minimum absolute atomic E-state index is 0.148. The van der Waals surface area contributed by atoms with E-state index in [0.29, 0.717) is 6.42 Å². The van der Waals surface area contributed by atoms with E-state index in [1.54, 1.807) is 4.68 Å². The van der Waals surface area contributed by atoms with Crippen LogP contribution in [0.4, 0.5) is 0 Å². The summed E-state index contributed by atoms with van der Waals surface area (Å²) in [4.78, 5) is 12.4. The van der Waals surface area contributed by atoms with Crippen LogP contribution in [0.3, 0.4) is 0 Å². The Labute approximate surface area is 114 Å². The Kier molecular flexibility index (Phi) is 3.84. The van der Waals surface area contributed by atoms with E-state index in [2.05, 4.69) is 37.1 Å². The van der Waals surface area contributed by atoms with Crippen molar-refractivity contribution in [3.8, 4) is 0 Å². The van der Waals surface area contributed by atoms with Crippen LogP contribution >= 0.6 is 0 Å². The number of carbonyl (C=O) groups is 1. The molecule has 0 spiro atoms. The highest BCUT2D eigenvalue weighted by molar-refractivity contribution is 5.98. The van der Waals surface area contributed by atoms with Gasteiger partial charge in [-0.2, -0.15) is 5.10 Å². The molecule has 0 aliphatic carbocycles. The number of aryl methyl sites for hydroxylation is 4. The Balaban J connectivity index is 2.25. The van der Waals surface area contributed by atoms with Gasteiger partial charge in [0.25, 0.3) is 0 Å². The molecule has 2 rings (SSSR count). The second-order valence-electron chi connectivity index (χ2n) is 5.11. The van der Waals surface area contributed by atoms with E-state index in [0.717, 1.165) is 23.2 Å². The first-order valence-electron chi connectivity index (χ1n) is 6.62. The molecule has 0 fully saturated rings. The number of carbonyl (C=O) groups excluding carboxylic acids is 1. The molecular weight excluding hydrogens is 236 g/mol. The average molecular weight is 256 g/mol. The van der Waals surface area contributed by atoms with Crippen LogP contribution < -0.4 is 0 Å². The Morgan fingerprint density at radius 2 is 1.84 bits per heavy atom. The second kappa shape index (κ2) is 5.39. The monoisotopic (exact) mass is 256 g/mol. The van der Waals surface area contributed by atoms with Gasteiger partial charge in [0.05, 0.1) is 11.3 Å². The molecule has 2 aromatic rings. The number of Topliss-reactive ketones (excluding diaryl/α,β-unsaturated/α-hetero) is 1. The zero-order chi connectivity index (χ0) is 14.0. The lowest BCUT2D eigenvalue weighted by Gasteiger charge is -2.04. The van der Waals surface area contributed by atoms with Crippen LogP contribution in [0.5, 0.6) is 0 Å². The Morgan fingerprint density at radius 1 is 1.21 bits per heavy atom. The van der Waals surface area contributed by atoms with Gasteiger partial charge in [0.2, 0.25) is 0 Å². The number of nitrogens with zero attached hydrogens (tertiary/aromatic N) is 2. The summed E-state index contributed by atoms with van der Waals surface area (Å²) in [5.74, 6) is 0.148. The predicted molar refractivity (Wildman–Crippen MR) is 76.5 cm³/mol. The quantitative estimate of drug-likeness (QED) is 0.788. The number of rotatable bonds is 4. The molecule has 1 heterocycles. The van der Waals surface area contributed by atoms with E-state index in [9.17, 15) is 4.79 Å². The number of hydrogen-bond donors (Lipinski definition) is 0. The first-order valence-corrected chi connectivity index (χ1v) is 6.62. The maximum Gasteiger partial charge on any atom is 0.170 e. The van der Waals surface area contributed by atoms with E-state index in [4.69, 9.17) is 0 Å². The maximum absolute atomic E-state index is 12.4. The van der Waals surface area contributed by atoms with Crippen molar-refractivity contribution in [2.75, 3.05) is 0 Å². The molecule has 19 heavy (non-hydrogen) atoms. The van der Waals surface area contributed by atoms with E-state index in [-0.39, 0.29) is 5.78 Å². The van der Waals surface area contributed by atoms with Crippen molar-refractivity contribution in [2.24, 2.45) is 7.05 Å². The van der Waals surface area contributed by atoms with E-state index in [1.807, 2.05) is 20.2 Å². The van der Waals surface area contributed by atoms with Crippen LogP contribution in [0, 0.1) is 13.8 Å². The summed E-state index contributed by atoms with van der Waals surface area (Å²) in [6.07, 6.45) is 3.06. The topological polar surface area (TPSA) is 34.9 Å². The fourth-order valence-corrected chi connectivity index (χ4v) is 2.48. The van der Waals surface area contributed by atoms with Gasteiger partial charge in [0.1, 0.15) is 0 Å². The first-order chi connectivity index (χ1) is 8.99. The lowest BCUT2D eigenvalue weighted by Crippen LogP contribution is -2.05. The smallest absolute Gasteiger partial charge is 0.170 e. The van der Waals surface area contributed by atoms with Crippen molar-refractivity contribution >= 4 is 5.78 Å². The van der Waals surface area contributed by atoms with Gasteiger partial charge in [0, 0.05) is 19.7 Å². The Bertz CT molecular complexity index is 591. The SMILES string of the molecule is CCc1nn(C)cc1C(=O)Cc1cc(C)cc(C)c1. The Morgan fingerprint density at radius 3 is 2.42 bits per heavy atom. The van der Waals surface area contributed by atoms with Crippen LogP contribution in [0.1, 0.15) is 39.7 Å². The van der Waals surface area contributed by atoms with Gasteiger partial charge in [0.15, 0.2) is 5.78 Å². The lowest BCUT2D eigenvalue weighted by molar-refractivity contribution is 0.0992. The lowest BCUT2D eigenvalue weighted by atomic mass is 9.99. The minimum Gasteiger partial charge on any atom is -0.294 e.